The SMILES string of the molecule is CCc1cccc(CC)c1-n1nc2c(c1-c1ccc(F)c3[nH]ccc13)CN(c1ncc(C3CC3)cc1C)CC2. The highest BCUT2D eigenvalue weighted by molar-refractivity contribution is 5.96. The van der Waals surface area contributed by atoms with E-state index in [4.69, 9.17) is 10.1 Å². The molecule has 0 saturated heterocycles. The van der Waals surface area contributed by atoms with E-state index in [9.17, 15) is 4.39 Å². The Balaban J connectivity index is 1.43. The standard InChI is InChI=1S/C33H34FN5/c1-4-21-7-6-8-22(5-2)31(21)39-32(26-11-12-28(34)30-25(26)13-15-35-30)27-19-38(16-14-29(27)37-39)33-20(3)17-24(18-36-33)23-9-10-23/h6-8,11-13,15,17-18,23,35H,4-5,9-10,14,16,19H2,1-3H3. The molecule has 0 amide bonds. The number of aryl methyl sites for hydroxylation is 3. The molecule has 39 heavy (non-hydrogen) atoms. The third kappa shape index (κ3) is 3.96. The molecule has 3 aromatic heterocycles. The number of anilines is 1. The predicted octanol–water partition coefficient (Wildman–Crippen LogP) is 7.43. The number of benzene rings is 2. The van der Waals surface area contributed by atoms with Gasteiger partial charge in [-0.2, -0.15) is 5.10 Å². The van der Waals surface area contributed by atoms with Gasteiger partial charge < -0.3 is 9.88 Å². The van der Waals surface area contributed by atoms with Gasteiger partial charge in [-0.25, -0.2) is 14.1 Å². The molecule has 1 saturated carbocycles. The van der Waals surface area contributed by atoms with Crippen LogP contribution < -0.4 is 4.90 Å². The van der Waals surface area contributed by atoms with Gasteiger partial charge in [-0.1, -0.05) is 38.1 Å². The van der Waals surface area contributed by atoms with Gasteiger partial charge in [0.2, 0.25) is 0 Å². The van der Waals surface area contributed by atoms with Crippen LogP contribution in [-0.4, -0.2) is 26.3 Å². The van der Waals surface area contributed by atoms with E-state index in [0.717, 1.165) is 66.2 Å². The molecule has 0 bridgehead atoms. The van der Waals surface area contributed by atoms with Gasteiger partial charge in [-0.3, -0.25) is 0 Å². The van der Waals surface area contributed by atoms with Crippen molar-refractivity contribution in [3.63, 3.8) is 0 Å². The molecule has 1 fully saturated rings. The maximum Gasteiger partial charge on any atom is 0.147 e. The molecule has 1 aliphatic carbocycles. The molecule has 2 aromatic carbocycles. The summed E-state index contributed by atoms with van der Waals surface area (Å²) in [6, 6.07) is 14.4. The Morgan fingerprint density at radius 2 is 1.85 bits per heavy atom. The van der Waals surface area contributed by atoms with E-state index >= 15 is 0 Å². The summed E-state index contributed by atoms with van der Waals surface area (Å²) >= 11 is 0. The smallest absolute Gasteiger partial charge is 0.147 e. The van der Waals surface area contributed by atoms with Gasteiger partial charge in [0.1, 0.15) is 11.6 Å². The number of aromatic amines is 1. The first kappa shape index (κ1) is 24.1. The van der Waals surface area contributed by atoms with Crippen LogP contribution in [0.25, 0.3) is 27.8 Å². The number of fused-ring (bicyclic) bond motifs is 2. The van der Waals surface area contributed by atoms with Gasteiger partial charge in [-0.15, -0.1) is 0 Å². The topological polar surface area (TPSA) is 49.7 Å². The molecule has 4 heterocycles. The Hall–Kier alpha value is -3.93. The number of halogens is 1. The van der Waals surface area contributed by atoms with Crippen molar-refractivity contribution in [3.05, 3.63) is 94.2 Å². The molecule has 0 spiro atoms. The molecule has 198 valence electrons. The lowest BCUT2D eigenvalue weighted by Gasteiger charge is -2.29. The number of nitrogens with zero attached hydrogens (tertiary/aromatic N) is 4. The van der Waals surface area contributed by atoms with E-state index in [-0.39, 0.29) is 5.82 Å². The average molecular weight is 520 g/mol. The maximum atomic E-state index is 14.8. The van der Waals surface area contributed by atoms with Crippen LogP contribution in [0, 0.1) is 12.7 Å². The first-order valence-corrected chi connectivity index (χ1v) is 14.3. The highest BCUT2D eigenvalue weighted by atomic mass is 19.1. The zero-order valence-corrected chi connectivity index (χ0v) is 22.9. The van der Waals surface area contributed by atoms with Crippen LogP contribution in [0.2, 0.25) is 0 Å². The second-order valence-corrected chi connectivity index (χ2v) is 11.0. The molecule has 1 aliphatic heterocycles. The summed E-state index contributed by atoms with van der Waals surface area (Å²) in [5.41, 5.74) is 11.2. The molecule has 5 aromatic rings. The summed E-state index contributed by atoms with van der Waals surface area (Å²) in [6.45, 7) is 8.18. The number of pyridine rings is 1. The molecule has 5 nitrogen and oxygen atoms in total. The van der Waals surface area contributed by atoms with Crippen molar-refractivity contribution in [1.82, 2.24) is 19.7 Å². The van der Waals surface area contributed by atoms with E-state index in [2.05, 4.69) is 65.8 Å². The third-order valence-electron chi connectivity index (χ3n) is 8.56. The third-order valence-corrected chi connectivity index (χ3v) is 8.56. The molecular weight excluding hydrogens is 485 g/mol. The van der Waals surface area contributed by atoms with E-state index in [1.54, 1.807) is 6.07 Å². The minimum atomic E-state index is -0.237. The van der Waals surface area contributed by atoms with Crippen molar-refractivity contribution in [2.24, 2.45) is 0 Å². The Morgan fingerprint density at radius 3 is 2.56 bits per heavy atom. The van der Waals surface area contributed by atoms with E-state index in [1.807, 2.05) is 18.3 Å². The second-order valence-electron chi connectivity index (χ2n) is 11.0. The van der Waals surface area contributed by atoms with Crippen LogP contribution in [0.5, 0.6) is 0 Å². The molecule has 7 rings (SSSR count). The van der Waals surface area contributed by atoms with Crippen molar-refractivity contribution < 1.29 is 4.39 Å². The number of rotatable bonds is 6. The Bertz CT molecular complexity index is 1680. The van der Waals surface area contributed by atoms with Crippen LogP contribution in [0.15, 0.2) is 54.9 Å². The fraction of sp³-hybridized carbons (Fsp3) is 0.333. The summed E-state index contributed by atoms with van der Waals surface area (Å²) in [5.74, 6) is 1.51. The van der Waals surface area contributed by atoms with Crippen molar-refractivity contribution in [2.45, 2.75) is 65.3 Å². The second kappa shape index (κ2) is 9.37. The minimum absolute atomic E-state index is 0.237. The van der Waals surface area contributed by atoms with Gasteiger partial charge in [0.15, 0.2) is 0 Å². The first-order valence-electron chi connectivity index (χ1n) is 14.3. The predicted molar refractivity (Wildman–Crippen MR) is 155 cm³/mol. The molecule has 2 aliphatic rings. The summed E-state index contributed by atoms with van der Waals surface area (Å²) in [7, 11) is 0. The number of aromatic nitrogens is 4. The highest BCUT2D eigenvalue weighted by Crippen LogP contribution is 2.42. The van der Waals surface area contributed by atoms with Crippen molar-refractivity contribution >= 4 is 16.7 Å². The fourth-order valence-electron chi connectivity index (χ4n) is 6.37. The lowest BCUT2D eigenvalue weighted by molar-refractivity contribution is 0.637. The van der Waals surface area contributed by atoms with Crippen LogP contribution in [-0.2, 0) is 25.8 Å². The zero-order valence-electron chi connectivity index (χ0n) is 22.9. The van der Waals surface area contributed by atoms with E-state index in [0.29, 0.717) is 11.4 Å². The Morgan fingerprint density at radius 1 is 1.05 bits per heavy atom. The quantitative estimate of drug-likeness (QED) is 0.254. The summed E-state index contributed by atoms with van der Waals surface area (Å²) in [4.78, 5) is 10.5. The minimum Gasteiger partial charge on any atom is -0.359 e. The fourth-order valence-corrected chi connectivity index (χ4v) is 6.37. The van der Waals surface area contributed by atoms with Gasteiger partial charge >= 0.3 is 0 Å². The Kier molecular flexibility index (Phi) is 5.80. The highest BCUT2D eigenvalue weighted by Gasteiger charge is 2.30. The van der Waals surface area contributed by atoms with E-state index in [1.165, 1.54) is 40.7 Å². The Labute approximate surface area is 228 Å². The van der Waals surface area contributed by atoms with Crippen molar-refractivity contribution in [3.8, 4) is 16.9 Å². The molecule has 1 N–H and O–H groups in total. The average Bonchev–Trinajstić information content (AvgIpc) is 3.57. The van der Waals surface area contributed by atoms with Gasteiger partial charge in [0.05, 0.1) is 22.6 Å². The maximum absolute atomic E-state index is 14.8. The van der Waals surface area contributed by atoms with Crippen LogP contribution in [0.3, 0.4) is 0 Å². The number of H-pyrrole nitrogens is 1. The van der Waals surface area contributed by atoms with Crippen LogP contribution >= 0.6 is 0 Å². The first-order chi connectivity index (χ1) is 19.1. The molecular formula is C33H34FN5. The number of nitrogens with one attached hydrogen (secondary N) is 1. The number of hydrogen-bond donors (Lipinski definition) is 1. The van der Waals surface area contributed by atoms with E-state index < -0.39 is 0 Å². The summed E-state index contributed by atoms with van der Waals surface area (Å²) < 4.78 is 17.0. The molecule has 0 atom stereocenters. The number of hydrogen-bond acceptors (Lipinski definition) is 3. The molecule has 6 heteroatoms. The lowest BCUT2D eigenvalue weighted by atomic mass is 9.97. The largest absolute Gasteiger partial charge is 0.359 e. The molecule has 0 unspecified atom stereocenters. The van der Waals surface area contributed by atoms with Gasteiger partial charge in [-0.05, 0) is 79.0 Å². The lowest BCUT2D eigenvalue weighted by Crippen LogP contribution is -2.31. The monoisotopic (exact) mass is 519 g/mol. The number of para-hydroxylation sites is 1. The zero-order chi connectivity index (χ0) is 26.7. The van der Waals surface area contributed by atoms with Crippen LogP contribution in [0.4, 0.5) is 10.2 Å². The van der Waals surface area contributed by atoms with Gasteiger partial charge in [0.25, 0.3) is 0 Å². The van der Waals surface area contributed by atoms with Gasteiger partial charge in [0, 0.05) is 48.4 Å². The molecule has 0 radical (unpaired) electrons. The summed E-state index contributed by atoms with van der Waals surface area (Å²) in [5, 5.41) is 6.17. The summed E-state index contributed by atoms with van der Waals surface area (Å²) in [6.07, 6.45) is 9.13. The van der Waals surface area contributed by atoms with Crippen molar-refractivity contribution in [1.29, 1.82) is 0 Å². The van der Waals surface area contributed by atoms with Crippen molar-refractivity contribution in [2.75, 3.05) is 11.4 Å². The van der Waals surface area contributed by atoms with Crippen LogP contribution in [0.1, 0.15) is 66.1 Å². The normalized spacial score (nSPS) is 15.2.